The molecule has 0 radical (unpaired) electrons. The molecule has 2 aliphatic rings. The Morgan fingerprint density at radius 1 is 1.16 bits per heavy atom. The molecule has 2 aromatic rings. The third-order valence-corrected chi connectivity index (χ3v) is 5.77. The van der Waals surface area contributed by atoms with Crippen LogP contribution in [0.3, 0.4) is 0 Å². The highest BCUT2D eigenvalue weighted by atomic mass is 19.1. The Labute approximate surface area is 185 Å². The number of halogens is 1. The second-order valence-corrected chi connectivity index (χ2v) is 8.09. The van der Waals surface area contributed by atoms with Gasteiger partial charge in [0.15, 0.2) is 30.6 Å². The molecule has 7 nitrogen and oxygen atoms in total. The van der Waals surface area contributed by atoms with E-state index in [1.807, 2.05) is 0 Å². The molecular weight excluding hydrogens is 415 g/mol. The average molecular weight is 440 g/mol. The zero-order valence-corrected chi connectivity index (χ0v) is 18.1. The van der Waals surface area contributed by atoms with E-state index in [1.165, 1.54) is 23.1 Å². The Hall–Kier alpha value is -3.42. The number of likely N-dealkylation sites (tertiary alicyclic amines) is 1. The summed E-state index contributed by atoms with van der Waals surface area (Å²) in [5.74, 6) is -0.980. The molecule has 0 N–H and O–H groups in total. The molecule has 0 unspecified atom stereocenters. The van der Waals surface area contributed by atoms with E-state index in [1.54, 1.807) is 36.9 Å². The fraction of sp³-hybridized carbons (Fsp3) is 0.375. The first-order chi connectivity index (χ1) is 15.3. The zero-order chi connectivity index (χ0) is 22.8. The number of amides is 2. The van der Waals surface area contributed by atoms with Crippen LogP contribution in [0.25, 0.3) is 0 Å². The second-order valence-electron chi connectivity index (χ2n) is 8.09. The molecule has 168 valence electrons. The van der Waals surface area contributed by atoms with Crippen LogP contribution < -0.4 is 14.4 Å². The van der Waals surface area contributed by atoms with E-state index in [2.05, 4.69) is 0 Å². The highest BCUT2D eigenvalue weighted by molar-refractivity contribution is 6.05. The highest BCUT2D eigenvalue weighted by Gasteiger charge is 2.36. The van der Waals surface area contributed by atoms with E-state index in [0.29, 0.717) is 24.5 Å². The number of ketones is 1. The van der Waals surface area contributed by atoms with Crippen LogP contribution >= 0.6 is 0 Å². The smallest absolute Gasteiger partial charge is 0.265 e. The summed E-state index contributed by atoms with van der Waals surface area (Å²) in [6.45, 7) is 4.31. The van der Waals surface area contributed by atoms with Gasteiger partial charge in [0.2, 0.25) is 5.91 Å². The quantitative estimate of drug-likeness (QED) is 0.645. The van der Waals surface area contributed by atoms with Crippen molar-refractivity contribution >= 4 is 23.3 Å². The van der Waals surface area contributed by atoms with Gasteiger partial charge >= 0.3 is 0 Å². The van der Waals surface area contributed by atoms with Gasteiger partial charge in [-0.1, -0.05) is 6.07 Å². The van der Waals surface area contributed by atoms with Gasteiger partial charge in [-0.3, -0.25) is 19.3 Å². The highest BCUT2D eigenvalue weighted by Crippen LogP contribution is 2.35. The van der Waals surface area contributed by atoms with Crippen LogP contribution in [0.5, 0.6) is 11.5 Å². The first-order valence-corrected chi connectivity index (χ1v) is 10.6. The molecule has 2 heterocycles. The molecule has 0 aliphatic carbocycles. The lowest BCUT2D eigenvalue weighted by Gasteiger charge is -2.35. The summed E-state index contributed by atoms with van der Waals surface area (Å²) in [5, 5.41) is 0. The van der Waals surface area contributed by atoms with Crippen molar-refractivity contribution in [1.82, 2.24) is 4.90 Å². The van der Waals surface area contributed by atoms with Crippen molar-refractivity contribution in [2.75, 3.05) is 31.2 Å². The minimum atomic E-state index is -0.716. The minimum Gasteiger partial charge on any atom is -0.482 e. The number of fused-ring (bicyclic) bond motifs is 1. The Morgan fingerprint density at radius 3 is 2.66 bits per heavy atom. The summed E-state index contributed by atoms with van der Waals surface area (Å²) in [6.07, 6.45) is 1.90. The number of rotatable bonds is 6. The third kappa shape index (κ3) is 4.30. The molecule has 2 amide bonds. The number of Topliss-reactive ketones (excluding diaryl/α,β-unsaturated/α-hetero) is 1. The molecular formula is C24H25FN2O5. The molecule has 1 fully saturated rings. The van der Waals surface area contributed by atoms with Crippen molar-refractivity contribution in [3.05, 3.63) is 53.3 Å². The molecule has 2 aromatic carbocycles. The number of nitrogens with zero attached hydrogens (tertiary/aromatic N) is 2. The van der Waals surface area contributed by atoms with Crippen molar-refractivity contribution < 1.29 is 28.2 Å². The van der Waals surface area contributed by atoms with Gasteiger partial charge < -0.3 is 14.4 Å². The molecule has 0 saturated carbocycles. The fourth-order valence-electron chi connectivity index (χ4n) is 4.03. The Kier molecular flexibility index (Phi) is 6.12. The number of carbonyl (C=O) groups excluding carboxylic acids is 3. The van der Waals surface area contributed by atoms with Gasteiger partial charge in [0.1, 0.15) is 11.8 Å². The monoisotopic (exact) mass is 440 g/mol. The van der Waals surface area contributed by atoms with Gasteiger partial charge in [-0.15, -0.1) is 0 Å². The molecule has 32 heavy (non-hydrogen) atoms. The lowest BCUT2D eigenvalue weighted by molar-refractivity contribution is -0.133. The molecule has 8 heteroatoms. The number of anilines is 1. The van der Waals surface area contributed by atoms with Gasteiger partial charge in [-0.25, -0.2) is 4.39 Å². The largest absolute Gasteiger partial charge is 0.482 e. The summed E-state index contributed by atoms with van der Waals surface area (Å²) in [6, 6.07) is 8.40. The maximum atomic E-state index is 13.9. The van der Waals surface area contributed by atoms with Crippen LogP contribution in [-0.4, -0.2) is 54.8 Å². The number of hydrogen-bond acceptors (Lipinski definition) is 5. The van der Waals surface area contributed by atoms with E-state index in [4.69, 9.17) is 9.47 Å². The Balaban J connectivity index is 1.55. The van der Waals surface area contributed by atoms with Crippen molar-refractivity contribution in [2.24, 2.45) is 0 Å². The van der Waals surface area contributed by atoms with Crippen molar-refractivity contribution in [2.45, 2.75) is 32.7 Å². The van der Waals surface area contributed by atoms with Crippen LogP contribution in [0.15, 0.2) is 36.4 Å². The molecule has 0 bridgehead atoms. The molecule has 2 aliphatic heterocycles. The lowest BCUT2D eigenvalue weighted by Crippen LogP contribution is -2.52. The lowest BCUT2D eigenvalue weighted by atomic mass is 10.1. The first kappa shape index (κ1) is 21.8. The van der Waals surface area contributed by atoms with E-state index in [0.717, 1.165) is 18.4 Å². The predicted molar refractivity (Wildman–Crippen MR) is 116 cm³/mol. The van der Waals surface area contributed by atoms with E-state index in [9.17, 15) is 18.8 Å². The van der Waals surface area contributed by atoms with Crippen LogP contribution in [-0.2, 0) is 9.59 Å². The summed E-state index contributed by atoms with van der Waals surface area (Å²) in [7, 11) is 0. The van der Waals surface area contributed by atoms with Crippen LogP contribution in [0.1, 0.15) is 35.7 Å². The third-order valence-electron chi connectivity index (χ3n) is 5.77. The summed E-state index contributed by atoms with van der Waals surface area (Å²) in [5.41, 5.74) is 1.46. The Morgan fingerprint density at radius 2 is 1.91 bits per heavy atom. The average Bonchev–Trinajstić information content (AvgIpc) is 3.33. The maximum Gasteiger partial charge on any atom is 0.265 e. The van der Waals surface area contributed by atoms with Crippen molar-refractivity contribution in [3.63, 3.8) is 0 Å². The first-order valence-electron chi connectivity index (χ1n) is 10.6. The molecule has 0 aromatic heterocycles. The normalized spacial score (nSPS) is 16.4. The standard InChI is InChI=1S/C24H25FN2O5/c1-15-5-7-18(25)22(11-15)31-13-20(28)17-6-8-21-19(12-17)27(23(29)14-32-21)16(2)24(30)26-9-3-4-10-26/h5-8,11-12,16H,3-4,9-10,13-14H2,1-2H3/t16-/m0/s1. The predicted octanol–water partition coefficient (Wildman–Crippen LogP) is 3.13. The maximum absolute atomic E-state index is 13.9. The number of benzene rings is 2. The molecule has 1 atom stereocenters. The SMILES string of the molecule is Cc1ccc(F)c(OCC(=O)c2ccc3c(c2)N([C@@H](C)C(=O)N2CCCC2)C(=O)CO3)c1. The van der Waals surface area contributed by atoms with Gasteiger partial charge in [-0.05, 0) is 62.6 Å². The van der Waals surface area contributed by atoms with E-state index < -0.39 is 11.9 Å². The summed E-state index contributed by atoms with van der Waals surface area (Å²) in [4.78, 5) is 41.5. The molecule has 4 rings (SSSR count). The van der Waals surface area contributed by atoms with Crippen LogP contribution in [0.2, 0.25) is 0 Å². The zero-order valence-electron chi connectivity index (χ0n) is 18.1. The number of carbonyl (C=O) groups is 3. The van der Waals surface area contributed by atoms with Crippen molar-refractivity contribution in [3.8, 4) is 11.5 Å². The molecule has 0 spiro atoms. The summed E-state index contributed by atoms with van der Waals surface area (Å²) >= 11 is 0. The Bertz CT molecular complexity index is 1060. The topological polar surface area (TPSA) is 76.2 Å². The van der Waals surface area contributed by atoms with Crippen molar-refractivity contribution in [1.29, 1.82) is 0 Å². The fourth-order valence-corrected chi connectivity index (χ4v) is 4.03. The van der Waals surface area contributed by atoms with Gasteiger partial charge in [0.25, 0.3) is 5.91 Å². The van der Waals surface area contributed by atoms with Gasteiger partial charge in [0.05, 0.1) is 5.69 Å². The van der Waals surface area contributed by atoms with E-state index in [-0.39, 0.29) is 42.1 Å². The van der Waals surface area contributed by atoms with Crippen LogP contribution in [0.4, 0.5) is 10.1 Å². The number of hydrogen-bond donors (Lipinski definition) is 0. The minimum absolute atomic E-state index is 0.00118. The molecule has 1 saturated heterocycles. The van der Waals surface area contributed by atoms with Gasteiger partial charge in [0, 0.05) is 18.7 Å². The number of aryl methyl sites for hydroxylation is 1. The van der Waals surface area contributed by atoms with E-state index >= 15 is 0 Å². The second kappa shape index (κ2) is 8.98. The van der Waals surface area contributed by atoms with Crippen LogP contribution in [0, 0.1) is 12.7 Å². The summed E-state index contributed by atoms with van der Waals surface area (Å²) < 4.78 is 24.8. The van der Waals surface area contributed by atoms with Gasteiger partial charge in [-0.2, -0.15) is 0 Å². The number of ether oxygens (including phenoxy) is 2.